The van der Waals surface area contributed by atoms with Gasteiger partial charge in [0.05, 0.1) is 0 Å². The van der Waals surface area contributed by atoms with E-state index in [0.717, 1.165) is 19.3 Å². The molecule has 35 heavy (non-hydrogen) atoms. The molecule has 0 saturated heterocycles. The van der Waals surface area contributed by atoms with E-state index in [2.05, 4.69) is 97.1 Å². The van der Waals surface area contributed by atoms with Crippen LogP contribution in [0, 0.1) is 0 Å². The largest absolute Gasteiger partial charge is 0.0616 e. The number of rotatable bonds is 0. The maximum Gasteiger partial charge on any atom is -0.000706 e. The lowest BCUT2D eigenvalue weighted by Crippen LogP contribution is -1.87. The molecule has 0 nitrogen and oxygen atoms in total. The van der Waals surface area contributed by atoms with Crippen molar-refractivity contribution < 1.29 is 0 Å². The van der Waals surface area contributed by atoms with E-state index in [-0.39, 0.29) is 0 Å². The highest BCUT2D eigenvalue weighted by Gasteiger charge is 2.29. The Morgan fingerprint density at radius 2 is 0.829 bits per heavy atom. The van der Waals surface area contributed by atoms with Gasteiger partial charge in [0.25, 0.3) is 0 Å². The van der Waals surface area contributed by atoms with Gasteiger partial charge in [0, 0.05) is 0 Å². The van der Waals surface area contributed by atoms with E-state index in [0.29, 0.717) is 0 Å². The Kier molecular flexibility index (Phi) is 3.27. The second kappa shape index (κ2) is 6.29. The van der Waals surface area contributed by atoms with Gasteiger partial charge in [-0.25, -0.2) is 0 Å². The predicted octanol–water partition coefficient (Wildman–Crippen LogP) is 8.71. The van der Waals surface area contributed by atoms with E-state index in [1.54, 1.807) is 0 Å². The molecule has 0 fully saturated rings. The van der Waals surface area contributed by atoms with Gasteiger partial charge in [0.1, 0.15) is 0 Å². The quantitative estimate of drug-likeness (QED) is 0.220. The Bertz CT molecular complexity index is 1910. The van der Waals surface area contributed by atoms with Gasteiger partial charge in [-0.3, -0.25) is 0 Å². The van der Waals surface area contributed by atoms with Crippen LogP contribution in [-0.2, 0) is 19.3 Å². The summed E-state index contributed by atoms with van der Waals surface area (Å²) in [5, 5.41) is 5.44. The van der Waals surface area contributed by atoms with Crippen molar-refractivity contribution in [3.63, 3.8) is 0 Å². The van der Waals surface area contributed by atoms with Crippen LogP contribution < -0.4 is 0 Å². The Balaban J connectivity index is 1.18. The van der Waals surface area contributed by atoms with Gasteiger partial charge < -0.3 is 0 Å². The molecule has 9 rings (SSSR count). The molecule has 0 atom stereocenters. The molecule has 0 unspecified atom stereocenters. The van der Waals surface area contributed by atoms with E-state index in [9.17, 15) is 0 Å². The third-order valence-electron chi connectivity index (χ3n) is 8.67. The van der Waals surface area contributed by atoms with Crippen LogP contribution in [0.4, 0.5) is 0 Å². The normalized spacial score (nSPS) is 13.9. The summed E-state index contributed by atoms with van der Waals surface area (Å²) in [6.45, 7) is 0. The topological polar surface area (TPSA) is 0 Å². The minimum atomic E-state index is 1.04. The lowest BCUT2D eigenvalue weighted by Gasteiger charge is -2.08. The predicted molar refractivity (Wildman–Crippen MR) is 146 cm³/mol. The average molecular weight is 443 g/mol. The van der Waals surface area contributed by atoms with Gasteiger partial charge in [0.2, 0.25) is 0 Å². The van der Waals surface area contributed by atoms with E-state index in [4.69, 9.17) is 0 Å². The molecule has 0 aromatic heterocycles. The molecule has 6 aromatic carbocycles. The van der Waals surface area contributed by atoms with Gasteiger partial charge in [0.15, 0.2) is 0 Å². The van der Waals surface area contributed by atoms with Crippen LogP contribution in [-0.4, -0.2) is 0 Å². The SMILES string of the molecule is c1ccc2cc3c(cc2c1)Cc1cc2c(cc1-3)Cc1cc3c(cc1-2)Cc1c-3ccc2ccccc12. The van der Waals surface area contributed by atoms with Gasteiger partial charge in [-0.2, -0.15) is 0 Å². The van der Waals surface area contributed by atoms with Crippen molar-refractivity contribution in [2.24, 2.45) is 0 Å². The Morgan fingerprint density at radius 3 is 1.51 bits per heavy atom. The van der Waals surface area contributed by atoms with Crippen LogP contribution in [0.1, 0.15) is 33.4 Å². The molecular weight excluding hydrogens is 420 g/mol. The monoisotopic (exact) mass is 442 g/mol. The highest BCUT2D eigenvalue weighted by molar-refractivity contribution is 5.97. The summed E-state index contributed by atoms with van der Waals surface area (Å²) in [6, 6.07) is 37.0. The minimum absolute atomic E-state index is 1.04. The molecule has 0 amide bonds. The van der Waals surface area contributed by atoms with Crippen molar-refractivity contribution in [2.75, 3.05) is 0 Å². The first kappa shape index (κ1) is 18.2. The summed E-state index contributed by atoms with van der Waals surface area (Å²) >= 11 is 0. The molecule has 0 spiro atoms. The molecule has 0 N–H and O–H groups in total. The van der Waals surface area contributed by atoms with Gasteiger partial charge in [-0.1, -0.05) is 66.7 Å². The summed E-state index contributed by atoms with van der Waals surface area (Å²) in [6.07, 6.45) is 3.12. The summed E-state index contributed by atoms with van der Waals surface area (Å²) in [5.41, 5.74) is 17.6. The second-order valence-corrected chi connectivity index (χ2v) is 10.5. The van der Waals surface area contributed by atoms with Crippen molar-refractivity contribution in [3.8, 4) is 33.4 Å². The zero-order chi connectivity index (χ0) is 22.7. The van der Waals surface area contributed by atoms with Crippen LogP contribution in [0.25, 0.3) is 54.9 Å². The summed E-state index contributed by atoms with van der Waals surface area (Å²) in [4.78, 5) is 0. The van der Waals surface area contributed by atoms with Crippen molar-refractivity contribution >= 4 is 21.5 Å². The van der Waals surface area contributed by atoms with Crippen LogP contribution in [0.2, 0.25) is 0 Å². The molecule has 0 radical (unpaired) electrons. The first-order chi connectivity index (χ1) is 17.3. The summed E-state index contributed by atoms with van der Waals surface area (Å²) in [7, 11) is 0. The summed E-state index contributed by atoms with van der Waals surface area (Å²) in [5.74, 6) is 0. The maximum absolute atomic E-state index is 2.51. The van der Waals surface area contributed by atoms with Crippen LogP contribution in [0.5, 0.6) is 0 Å². The molecule has 6 aromatic rings. The third-order valence-corrected chi connectivity index (χ3v) is 8.67. The molecule has 162 valence electrons. The van der Waals surface area contributed by atoms with Gasteiger partial charge in [-0.15, -0.1) is 0 Å². The zero-order valence-corrected chi connectivity index (χ0v) is 19.4. The minimum Gasteiger partial charge on any atom is -0.0616 e. The first-order valence-corrected chi connectivity index (χ1v) is 12.7. The molecule has 0 heteroatoms. The fourth-order valence-electron chi connectivity index (χ4n) is 7.03. The number of fused-ring (bicyclic) bond motifs is 12. The van der Waals surface area contributed by atoms with Crippen molar-refractivity contribution in [2.45, 2.75) is 19.3 Å². The summed E-state index contributed by atoms with van der Waals surface area (Å²) < 4.78 is 0. The number of benzene rings is 6. The lowest BCUT2D eigenvalue weighted by molar-refractivity contribution is 1.24. The Hall–Kier alpha value is -4.16. The van der Waals surface area contributed by atoms with Crippen molar-refractivity contribution in [1.29, 1.82) is 0 Å². The van der Waals surface area contributed by atoms with Crippen molar-refractivity contribution in [1.82, 2.24) is 0 Å². The number of hydrogen-bond donors (Lipinski definition) is 0. The molecule has 0 heterocycles. The van der Waals surface area contributed by atoms with Gasteiger partial charge in [-0.05, 0) is 138 Å². The standard InChI is InChI=1S/C35H22/c1-2-7-22-14-31-23(11-21(22)6-1)12-24-16-33-26(17-32(24)31)13-25-15-30-27(18-34(25)33)19-35-28-8-4-3-5-20(28)9-10-29(30)35/h1-11,14-18H,12-13,19H2. The molecule has 0 aliphatic heterocycles. The molecule has 3 aliphatic carbocycles. The van der Waals surface area contributed by atoms with E-state index < -0.39 is 0 Å². The van der Waals surface area contributed by atoms with Gasteiger partial charge >= 0.3 is 0 Å². The molecule has 3 aliphatic rings. The highest BCUT2D eigenvalue weighted by Crippen LogP contribution is 2.49. The van der Waals surface area contributed by atoms with Crippen molar-refractivity contribution in [3.05, 3.63) is 130 Å². The fraction of sp³-hybridized carbons (Fsp3) is 0.0857. The van der Waals surface area contributed by atoms with E-state index in [1.165, 1.54) is 88.3 Å². The average Bonchev–Trinajstić information content (AvgIpc) is 3.54. The highest BCUT2D eigenvalue weighted by atomic mass is 14.3. The lowest BCUT2D eigenvalue weighted by atomic mass is 9.96. The molecular formula is C35H22. The van der Waals surface area contributed by atoms with Crippen LogP contribution >= 0.6 is 0 Å². The fourth-order valence-corrected chi connectivity index (χ4v) is 7.03. The second-order valence-electron chi connectivity index (χ2n) is 10.5. The van der Waals surface area contributed by atoms with Crippen LogP contribution in [0.3, 0.4) is 0 Å². The van der Waals surface area contributed by atoms with E-state index in [1.807, 2.05) is 0 Å². The maximum atomic E-state index is 2.51. The zero-order valence-electron chi connectivity index (χ0n) is 19.4. The third kappa shape index (κ3) is 2.37. The molecule has 0 bridgehead atoms. The Morgan fingerprint density at radius 1 is 0.343 bits per heavy atom. The van der Waals surface area contributed by atoms with E-state index >= 15 is 0 Å². The smallest absolute Gasteiger partial charge is 0.000706 e. The van der Waals surface area contributed by atoms with Crippen LogP contribution in [0.15, 0.2) is 97.1 Å². The first-order valence-electron chi connectivity index (χ1n) is 12.7. The Labute approximate surface area is 204 Å². The molecule has 0 saturated carbocycles. The number of hydrogen-bond acceptors (Lipinski definition) is 0.